The van der Waals surface area contributed by atoms with Crippen LogP contribution in [0.15, 0.2) is 52.4 Å². The molecule has 0 amide bonds. The third-order valence-corrected chi connectivity index (χ3v) is 3.12. The molecule has 0 aliphatic carbocycles. The van der Waals surface area contributed by atoms with Crippen LogP contribution in [0.3, 0.4) is 0 Å². The molecule has 0 spiro atoms. The molecule has 114 valence electrons. The van der Waals surface area contributed by atoms with Crippen molar-refractivity contribution in [1.29, 1.82) is 0 Å². The Morgan fingerprint density at radius 2 is 1.77 bits per heavy atom. The second kappa shape index (κ2) is 7.26. The molecule has 0 aliphatic rings. The van der Waals surface area contributed by atoms with Gasteiger partial charge < -0.3 is 15.3 Å². The number of aromatic hydroxyl groups is 3. The maximum absolute atomic E-state index is 9.75. The molecule has 0 atom stereocenters. The van der Waals surface area contributed by atoms with Crippen LogP contribution >= 0.6 is 0 Å². The average Bonchev–Trinajstić information content (AvgIpc) is 2.48. The highest BCUT2D eigenvalue weighted by molar-refractivity contribution is 6.01. The minimum Gasteiger partial charge on any atom is -0.508 e. The fourth-order valence-electron chi connectivity index (χ4n) is 1.95. The summed E-state index contributed by atoms with van der Waals surface area (Å²) >= 11 is 0. The Morgan fingerprint density at radius 1 is 1.00 bits per heavy atom. The number of benzene rings is 2. The van der Waals surface area contributed by atoms with Gasteiger partial charge in [-0.1, -0.05) is 12.1 Å². The van der Waals surface area contributed by atoms with Crippen molar-refractivity contribution in [2.75, 3.05) is 13.1 Å². The molecule has 22 heavy (non-hydrogen) atoms. The lowest BCUT2D eigenvalue weighted by Gasteiger charge is -2.04. The van der Waals surface area contributed by atoms with Crippen molar-refractivity contribution >= 4 is 11.9 Å². The van der Waals surface area contributed by atoms with Gasteiger partial charge in [0, 0.05) is 29.1 Å². The Hall–Kier alpha value is -2.82. The van der Waals surface area contributed by atoms with Crippen molar-refractivity contribution in [3.05, 3.63) is 53.6 Å². The zero-order chi connectivity index (χ0) is 15.9. The Morgan fingerprint density at radius 3 is 2.50 bits per heavy atom. The van der Waals surface area contributed by atoms with E-state index in [-0.39, 0.29) is 17.2 Å². The third kappa shape index (κ3) is 4.09. The van der Waals surface area contributed by atoms with E-state index in [0.717, 1.165) is 0 Å². The maximum atomic E-state index is 9.75. The molecule has 0 radical (unpaired) electrons. The van der Waals surface area contributed by atoms with Crippen LogP contribution in [0.5, 0.6) is 17.2 Å². The van der Waals surface area contributed by atoms with E-state index in [1.165, 1.54) is 12.1 Å². The van der Waals surface area contributed by atoms with E-state index in [4.69, 9.17) is 0 Å². The number of nitrogens with zero attached hydrogens (tertiary/aromatic N) is 2. The minimum atomic E-state index is -0.000964. The molecule has 0 aromatic heterocycles. The van der Waals surface area contributed by atoms with E-state index in [9.17, 15) is 15.3 Å². The first-order chi connectivity index (χ1) is 10.6. The largest absolute Gasteiger partial charge is 0.508 e. The molecule has 0 heterocycles. The molecule has 0 saturated heterocycles. The third-order valence-electron chi connectivity index (χ3n) is 3.12. The van der Waals surface area contributed by atoms with Gasteiger partial charge in [-0.05, 0) is 31.2 Å². The molecule has 0 unspecified atom stereocenters. The van der Waals surface area contributed by atoms with Crippen LogP contribution < -0.4 is 0 Å². The van der Waals surface area contributed by atoms with Crippen LogP contribution in [0.1, 0.15) is 18.1 Å². The number of phenols is 3. The molecule has 0 aliphatic heterocycles. The predicted octanol–water partition coefficient (Wildman–Crippen LogP) is 2.73. The smallest absolute Gasteiger partial charge is 0.128 e. The standard InChI is InChI=1S/C17H18N2O3/c1-12(15-7-6-14(20)10-17(15)22)19-9-8-18-11-13-4-2-3-5-16(13)21/h2-7,10-11,20-22H,8-9H2,1H3. The van der Waals surface area contributed by atoms with Crippen LogP contribution in [0, 0.1) is 0 Å². The predicted molar refractivity (Wildman–Crippen MR) is 87.4 cm³/mol. The van der Waals surface area contributed by atoms with E-state index < -0.39 is 0 Å². The fourth-order valence-corrected chi connectivity index (χ4v) is 1.95. The number of rotatable bonds is 5. The first kappa shape index (κ1) is 15.6. The lowest BCUT2D eigenvalue weighted by Crippen LogP contribution is -1.99. The van der Waals surface area contributed by atoms with Crippen molar-refractivity contribution < 1.29 is 15.3 Å². The summed E-state index contributed by atoms with van der Waals surface area (Å²) in [5, 5.41) is 28.6. The minimum absolute atomic E-state index is 0.000964. The van der Waals surface area contributed by atoms with Crippen molar-refractivity contribution in [2.45, 2.75) is 6.92 Å². The van der Waals surface area contributed by atoms with Gasteiger partial charge in [-0.3, -0.25) is 9.98 Å². The summed E-state index contributed by atoms with van der Waals surface area (Å²) < 4.78 is 0. The molecule has 0 bridgehead atoms. The number of aliphatic imine (C=N–C) groups is 2. The van der Waals surface area contributed by atoms with E-state index >= 15 is 0 Å². The van der Waals surface area contributed by atoms with Gasteiger partial charge in [0.1, 0.15) is 17.2 Å². The van der Waals surface area contributed by atoms with E-state index in [1.807, 2.05) is 6.07 Å². The molecular formula is C17H18N2O3. The monoisotopic (exact) mass is 298 g/mol. The maximum Gasteiger partial charge on any atom is 0.128 e. The second-order valence-electron chi connectivity index (χ2n) is 4.76. The van der Waals surface area contributed by atoms with Gasteiger partial charge in [0.25, 0.3) is 0 Å². The van der Waals surface area contributed by atoms with Crippen LogP contribution in [0.4, 0.5) is 0 Å². The molecule has 0 saturated carbocycles. The van der Waals surface area contributed by atoms with Crippen molar-refractivity contribution in [3.63, 3.8) is 0 Å². The molecule has 2 aromatic rings. The van der Waals surface area contributed by atoms with Crippen molar-refractivity contribution in [1.82, 2.24) is 0 Å². The van der Waals surface area contributed by atoms with Gasteiger partial charge in [-0.15, -0.1) is 0 Å². The molecule has 5 heteroatoms. The average molecular weight is 298 g/mol. The number of para-hydroxylation sites is 1. The summed E-state index contributed by atoms with van der Waals surface area (Å²) in [6, 6.07) is 11.4. The summed E-state index contributed by atoms with van der Waals surface area (Å²) in [4.78, 5) is 8.55. The zero-order valence-corrected chi connectivity index (χ0v) is 12.3. The van der Waals surface area contributed by atoms with Crippen LogP contribution in [-0.2, 0) is 0 Å². The zero-order valence-electron chi connectivity index (χ0n) is 12.3. The molecule has 0 fully saturated rings. The van der Waals surface area contributed by atoms with Crippen LogP contribution in [0.25, 0.3) is 0 Å². The first-order valence-electron chi connectivity index (χ1n) is 6.89. The Kier molecular flexibility index (Phi) is 5.14. The highest BCUT2D eigenvalue weighted by atomic mass is 16.3. The topological polar surface area (TPSA) is 85.4 Å². The number of hydrogen-bond acceptors (Lipinski definition) is 5. The van der Waals surface area contributed by atoms with Crippen LogP contribution in [0.2, 0.25) is 0 Å². The summed E-state index contributed by atoms with van der Waals surface area (Å²) in [6.07, 6.45) is 1.61. The lowest BCUT2D eigenvalue weighted by molar-refractivity contribution is 0.450. The number of phenolic OH excluding ortho intramolecular Hbond substituents is 3. The summed E-state index contributed by atoms with van der Waals surface area (Å²) in [7, 11) is 0. The van der Waals surface area contributed by atoms with Gasteiger partial charge in [-0.2, -0.15) is 0 Å². The molecule has 5 nitrogen and oxygen atoms in total. The molecule has 2 aromatic carbocycles. The van der Waals surface area contributed by atoms with Gasteiger partial charge in [-0.25, -0.2) is 0 Å². The number of hydrogen-bond donors (Lipinski definition) is 3. The van der Waals surface area contributed by atoms with E-state index in [1.54, 1.807) is 37.4 Å². The summed E-state index contributed by atoms with van der Waals surface area (Å²) in [5.41, 5.74) is 1.93. The van der Waals surface area contributed by atoms with E-state index in [2.05, 4.69) is 9.98 Å². The van der Waals surface area contributed by atoms with Gasteiger partial charge in [0.2, 0.25) is 0 Å². The van der Waals surface area contributed by atoms with Gasteiger partial charge >= 0.3 is 0 Å². The van der Waals surface area contributed by atoms with Gasteiger partial charge in [0.15, 0.2) is 0 Å². The Labute approximate surface area is 128 Å². The fraction of sp³-hybridized carbons (Fsp3) is 0.176. The normalized spacial score (nSPS) is 12.0. The van der Waals surface area contributed by atoms with Crippen molar-refractivity contribution in [3.8, 4) is 17.2 Å². The molecule has 3 N–H and O–H groups in total. The molecule has 2 rings (SSSR count). The highest BCUT2D eigenvalue weighted by Gasteiger charge is 2.04. The van der Waals surface area contributed by atoms with Gasteiger partial charge in [0.05, 0.1) is 13.1 Å². The van der Waals surface area contributed by atoms with E-state index in [0.29, 0.717) is 29.9 Å². The van der Waals surface area contributed by atoms with Crippen LogP contribution in [-0.4, -0.2) is 40.3 Å². The first-order valence-corrected chi connectivity index (χ1v) is 6.89. The SMILES string of the molecule is CC(=NCCN=Cc1ccccc1O)c1ccc(O)cc1O. The molecular weight excluding hydrogens is 280 g/mol. The quantitative estimate of drug-likeness (QED) is 0.586. The summed E-state index contributed by atoms with van der Waals surface area (Å²) in [6.45, 7) is 2.74. The highest BCUT2D eigenvalue weighted by Crippen LogP contribution is 2.23. The Bertz CT molecular complexity index is 709. The Balaban J connectivity index is 1.93. The lowest BCUT2D eigenvalue weighted by atomic mass is 10.1. The summed E-state index contributed by atoms with van der Waals surface area (Å²) in [5.74, 6) is 0.209. The van der Waals surface area contributed by atoms with Crippen molar-refractivity contribution in [2.24, 2.45) is 9.98 Å². The second-order valence-corrected chi connectivity index (χ2v) is 4.76.